The molecule has 0 radical (unpaired) electrons. The molecule has 1 aromatic heterocycles. The van der Waals surface area contributed by atoms with Gasteiger partial charge in [0.1, 0.15) is 5.56 Å². The third kappa shape index (κ3) is 5.46. The lowest BCUT2D eigenvalue weighted by Gasteiger charge is -2.18. The maximum absolute atomic E-state index is 12.4. The number of aliphatic hydroxyl groups is 3. The van der Waals surface area contributed by atoms with E-state index in [1.54, 1.807) is 0 Å². The first-order valence-corrected chi connectivity index (χ1v) is 9.33. The molecule has 1 saturated carbocycles. The van der Waals surface area contributed by atoms with Crippen molar-refractivity contribution in [1.29, 1.82) is 0 Å². The van der Waals surface area contributed by atoms with Gasteiger partial charge in [0.25, 0.3) is 5.91 Å². The summed E-state index contributed by atoms with van der Waals surface area (Å²) in [5.41, 5.74) is -0.190. The third-order valence-corrected chi connectivity index (χ3v) is 4.38. The van der Waals surface area contributed by atoms with Gasteiger partial charge in [-0.05, 0) is 25.0 Å². The minimum Gasteiger partial charge on any atom is -0.494 e. The summed E-state index contributed by atoms with van der Waals surface area (Å²) in [5, 5.41) is 41.6. The normalized spacial score (nSPS) is 13.2. The first-order valence-electron chi connectivity index (χ1n) is 9.33. The Balaban J connectivity index is 2.01. The van der Waals surface area contributed by atoms with E-state index in [4.69, 9.17) is 24.8 Å². The number of ether oxygens (including phenoxy) is 2. The minimum atomic E-state index is -3.50. The zero-order chi connectivity index (χ0) is 23.5. The Morgan fingerprint density at radius 2 is 1.81 bits per heavy atom. The summed E-state index contributed by atoms with van der Waals surface area (Å²) in [5.74, 6) is -2.13. The van der Waals surface area contributed by atoms with Gasteiger partial charge in [-0.1, -0.05) is 6.07 Å². The molecule has 0 saturated heterocycles. The van der Waals surface area contributed by atoms with E-state index in [1.807, 2.05) is 0 Å². The highest BCUT2D eigenvalue weighted by Gasteiger charge is 2.31. The fourth-order valence-electron chi connectivity index (χ4n) is 2.77. The fraction of sp³-hybridized carbons (Fsp3) is 0.316. The molecule has 1 fully saturated rings. The molecule has 13 heteroatoms. The van der Waals surface area contributed by atoms with Crippen LogP contribution in [0, 0.1) is 5.92 Å². The Morgan fingerprint density at radius 3 is 2.41 bits per heavy atom. The van der Waals surface area contributed by atoms with Crippen LogP contribution >= 0.6 is 0 Å². The molecule has 0 spiro atoms. The number of para-hydroxylation sites is 1. The lowest BCUT2D eigenvalue weighted by atomic mass is 10.1. The molecule has 0 atom stereocenters. The van der Waals surface area contributed by atoms with E-state index in [-0.39, 0.29) is 40.3 Å². The van der Waals surface area contributed by atoms with E-state index in [2.05, 4.69) is 20.8 Å². The van der Waals surface area contributed by atoms with Crippen molar-refractivity contribution in [2.75, 3.05) is 24.9 Å². The first-order chi connectivity index (χ1) is 15.1. The van der Waals surface area contributed by atoms with Crippen LogP contribution in [0.1, 0.15) is 33.7 Å². The van der Waals surface area contributed by atoms with Crippen LogP contribution < -0.4 is 20.7 Å². The van der Waals surface area contributed by atoms with Crippen molar-refractivity contribution in [1.82, 2.24) is 15.5 Å². The molecule has 0 aliphatic heterocycles. The monoisotopic (exact) mass is 447 g/mol. The summed E-state index contributed by atoms with van der Waals surface area (Å²) in [6.07, 6.45) is -1.99. The Bertz CT molecular complexity index is 1050. The van der Waals surface area contributed by atoms with Gasteiger partial charge in [-0.15, -0.1) is 10.2 Å². The number of nitrogens with one attached hydrogen (secondary N) is 3. The number of methoxy groups -OCH3 is 2. The number of anilines is 3. The second-order valence-corrected chi connectivity index (χ2v) is 6.85. The van der Waals surface area contributed by atoms with E-state index < -0.39 is 23.7 Å². The van der Waals surface area contributed by atoms with Gasteiger partial charge >= 0.3 is 12.1 Å². The smallest absolute Gasteiger partial charge is 0.369 e. The van der Waals surface area contributed by atoms with Gasteiger partial charge in [0, 0.05) is 12.0 Å². The van der Waals surface area contributed by atoms with E-state index in [1.165, 1.54) is 43.8 Å². The van der Waals surface area contributed by atoms with Crippen molar-refractivity contribution < 1.29 is 39.2 Å². The molecule has 2 aromatic rings. The first kappa shape index (κ1) is 22.9. The summed E-state index contributed by atoms with van der Waals surface area (Å²) in [6, 6.07) is 5.80. The molecular weight excluding hydrogens is 426 g/mol. The van der Waals surface area contributed by atoms with Crippen LogP contribution in [-0.2, 0) is 9.53 Å². The van der Waals surface area contributed by atoms with Crippen LogP contribution in [0.5, 0.6) is 5.75 Å². The average Bonchev–Trinajstić information content (AvgIpc) is 3.57. The van der Waals surface area contributed by atoms with E-state index in [0.717, 1.165) is 12.8 Å². The highest BCUT2D eigenvalue weighted by Crippen LogP contribution is 2.34. The van der Waals surface area contributed by atoms with Crippen molar-refractivity contribution in [3.05, 3.63) is 35.5 Å². The third-order valence-electron chi connectivity index (χ3n) is 4.38. The molecule has 1 aromatic carbocycles. The highest BCUT2D eigenvalue weighted by atomic mass is 16.7. The summed E-state index contributed by atoms with van der Waals surface area (Å²) in [4.78, 5) is 36.5. The second-order valence-electron chi connectivity index (χ2n) is 6.85. The molecule has 1 aliphatic rings. The molecule has 1 heterocycles. The number of esters is 1. The number of nitrogens with zero attached hydrogens (tertiary/aromatic N) is 2. The summed E-state index contributed by atoms with van der Waals surface area (Å²) >= 11 is 0. The van der Waals surface area contributed by atoms with E-state index in [9.17, 15) is 14.4 Å². The molecule has 32 heavy (non-hydrogen) atoms. The Labute approximate surface area is 181 Å². The molecule has 3 rings (SSSR count). The van der Waals surface area contributed by atoms with E-state index >= 15 is 0 Å². The number of carbonyl (C=O) groups is 3. The van der Waals surface area contributed by atoms with Crippen LogP contribution in [0.15, 0.2) is 24.3 Å². The van der Waals surface area contributed by atoms with Crippen molar-refractivity contribution in [3.63, 3.8) is 0 Å². The van der Waals surface area contributed by atoms with Gasteiger partial charge in [-0.25, -0.2) is 4.79 Å². The zero-order valence-electron chi connectivity index (χ0n) is 17.1. The quantitative estimate of drug-likeness (QED) is 0.229. The molecule has 13 nitrogen and oxygen atoms in total. The molecule has 2 amide bonds. The Kier molecular flexibility index (Phi) is 6.53. The van der Waals surface area contributed by atoms with Gasteiger partial charge in [0.2, 0.25) is 5.91 Å². The van der Waals surface area contributed by atoms with Crippen molar-refractivity contribution in [2.45, 2.75) is 18.9 Å². The topological polar surface area (TPSA) is 192 Å². The number of carbonyl (C=O) groups excluding carboxylic acids is 3. The fourth-order valence-corrected chi connectivity index (χ4v) is 2.77. The Hall–Kier alpha value is -3.81. The molecular formula is C19H21N5O8. The number of aromatic nitrogens is 2. The van der Waals surface area contributed by atoms with Crippen molar-refractivity contribution in [3.8, 4) is 5.75 Å². The second kappa shape index (κ2) is 9.13. The lowest BCUT2D eigenvalue weighted by Crippen LogP contribution is -2.48. The summed E-state index contributed by atoms with van der Waals surface area (Å²) in [7, 11) is 2.53. The summed E-state index contributed by atoms with van der Waals surface area (Å²) in [6.45, 7) is 0. The molecule has 0 bridgehead atoms. The molecule has 0 unspecified atom stereocenters. The predicted molar refractivity (Wildman–Crippen MR) is 108 cm³/mol. The van der Waals surface area contributed by atoms with Crippen LogP contribution in [-0.4, -0.2) is 63.6 Å². The molecule has 6 N–H and O–H groups in total. The zero-order valence-corrected chi connectivity index (χ0v) is 17.1. The highest BCUT2D eigenvalue weighted by molar-refractivity contribution is 6.01. The van der Waals surface area contributed by atoms with Crippen molar-refractivity contribution >= 4 is 35.0 Å². The molecule has 170 valence electrons. The summed E-state index contributed by atoms with van der Waals surface area (Å²) < 4.78 is 10.0. The number of hydrogen-bond donors (Lipinski definition) is 6. The largest absolute Gasteiger partial charge is 0.494 e. The Morgan fingerprint density at radius 1 is 1.09 bits per heavy atom. The SMILES string of the molecule is COC(=O)c1cccc(Nc2cc(NC(=O)C3CC3)nnc2C(=O)NC(O)(O)O)c1OC. The maximum atomic E-state index is 12.4. The number of hydrogen-bond acceptors (Lipinski definition) is 11. The van der Waals surface area contributed by atoms with Crippen LogP contribution in [0.4, 0.5) is 17.2 Å². The van der Waals surface area contributed by atoms with Crippen LogP contribution in [0.25, 0.3) is 0 Å². The number of amides is 2. The van der Waals surface area contributed by atoms with Gasteiger partial charge in [-0.2, -0.15) is 0 Å². The number of benzene rings is 1. The van der Waals surface area contributed by atoms with Crippen LogP contribution in [0.3, 0.4) is 0 Å². The minimum absolute atomic E-state index is 0.0206. The van der Waals surface area contributed by atoms with Crippen molar-refractivity contribution in [2.24, 2.45) is 5.92 Å². The lowest BCUT2D eigenvalue weighted by molar-refractivity contribution is -0.323. The van der Waals surface area contributed by atoms with E-state index in [0.29, 0.717) is 0 Å². The van der Waals surface area contributed by atoms with Gasteiger partial charge in [0.15, 0.2) is 17.3 Å². The van der Waals surface area contributed by atoms with Crippen LogP contribution in [0.2, 0.25) is 0 Å². The standard InChI is InChI=1S/C19H21N5O8/c1-31-15-10(18(27)32-2)4-3-5-11(15)20-12-8-13(21-16(25)9-6-7-9)23-24-14(12)17(26)22-19(28,29)30/h3-5,8-9,28-30H,6-7H2,1-2H3,(H,22,26)(H2,20,21,23,25). The predicted octanol–water partition coefficient (Wildman–Crippen LogP) is -0.318. The average molecular weight is 447 g/mol. The molecule has 1 aliphatic carbocycles. The van der Waals surface area contributed by atoms with Gasteiger partial charge < -0.3 is 35.4 Å². The maximum Gasteiger partial charge on any atom is 0.369 e. The number of rotatable bonds is 8. The van der Waals surface area contributed by atoms with Gasteiger partial charge in [-0.3, -0.25) is 14.9 Å². The van der Waals surface area contributed by atoms with Gasteiger partial charge in [0.05, 0.1) is 25.6 Å².